The Morgan fingerprint density at radius 3 is 1.90 bits per heavy atom. The first kappa shape index (κ1) is 56.2. The maximum Gasteiger partial charge on any atom is 0.326 e. The van der Waals surface area contributed by atoms with E-state index >= 15 is 0 Å². The standard InChI is InChI=1S/C50H66N6O15/c1-11-55(42-26-43(64-10)39(25-41(42)54(8)9)49-37-19-17-35(51-5)23-44(37)71-45-24-36(53(6)7)18-20-38(45)49)22-14-16-46(60)52-21-13-12-15-40(50(63)70-31-67-34(4)59)56(27-47(61)68-29-65-32(2)57)28-48(62)69-30-66-33(3)58/h17-20,23-26,40H,11-16,21-22,27-31H2,1-10H3,(H,52,60)/b51-35+. The molecular formula is C50H66N6O15. The highest BCUT2D eigenvalue weighted by Crippen LogP contribution is 2.47. The number of carbonyl (C=O) groups excluding carboxylic acids is 7. The highest BCUT2D eigenvalue weighted by Gasteiger charge is 2.32. The van der Waals surface area contributed by atoms with Gasteiger partial charge >= 0.3 is 35.8 Å². The zero-order valence-electron chi connectivity index (χ0n) is 42.2. The van der Waals surface area contributed by atoms with Crippen LogP contribution in [0.1, 0.15) is 59.8 Å². The van der Waals surface area contributed by atoms with Crippen molar-refractivity contribution in [3.63, 3.8) is 0 Å². The van der Waals surface area contributed by atoms with E-state index in [1.54, 1.807) is 14.2 Å². The number of anilines is 3. The minimum Gasteiger partial charge on any atom is -0.496 e. The summed E-state index contributed by atoms with van der Waals surface area (Å²) in [7, 11) is 11.3. The smallest absolute Gasteiger partial charge is 0.326 e. The number of esters is 6. The summed E-state index contributed by atoms with van der Waals surface area (Å²) in [5.74, 6) is -3.84. The number of rotatable bonds is 27. The Kier molecular flexibility index (Phi) is 21.9. The van der Waals surface area contributed by atoms with E-state index in [9.17, 15) is 33.6 Å². The monoisotopic (exact) mass is 990 g/mol. The highest BCUT2D eigenvalue weighted by molar-refractivity contribution is 6.05. The number of nitrogens with one attached hydrogen (secondary N) is 1. The number of amides is 1. The van der Waals surface area contributed by atoms with E-state index in [-0.39, 0.29) is 25.3 Å². The van der Waals surface area contributed by atoms with Crippen LogP contribution in [0.4, 0.5) is 17.1 Å². The summed E-state index contributed by atoms with van der Waals surface area (Å²) in [6.45, 7) is 3.35. The van der Waals surface area contributed by atoms with E-state index in [2.05, 4.69) is 54.7 Å². The molecule has 0 bridgehead atoms. The Morgan fingerprint density at radius 2 is 1.34 bits per heavy atom. The second-order valence-electron chi connectivity index (χ2n) is 16.6. The second-order valence-corrected chi connectivity index (χ2v) is 16.6. The predicted octanol–water partition coefficient (Wildman–Crippen LogP) is 4.63. The molecule has 1 amide bonds. The van der Waals surface area contributed by atoms with Gasteiger partial charge in [-0.25, -0.2) is 0 Å². The lowest BCUT2D eigenvalue weighted by Crippen LogP contribution is -2.48. The van der Waals surface area contributed by atoms with Crippen LogP contribution in [0.3, 0.4) is 0 Å². The fourth-order valence-electron chi connectivity index (χ4n) is 7.54. The van der Waals surface area contributed by atoms with E-state index in [1.165, 1.54) is 0 Å². The molecule has 0 aromatic heterocycles. The van der Waals surface area contributed by atoms with Crippen molar-refractivity contribution in [2.24, 2.45) is 4.99 Å². The average Bonchev–Trinajstić information content (AvgIpc) is 3.31. The van der Waals surface area contributed by atoms with Gasteiger partial charge in [-0.05, 0) is 62.9 Å². The molecule has 71 heavy (non-hydrogen) atoms. The Labute approximate surface area is 413 Å². The van der Waals surface area contributed by atoms with Gasteiger partial charge in [0.2, 0.25) is 26.3 Å². The quantitative estimate of drug-likeness (QED) is 0.0282. The molecule has 1 heterocycles. The molecule has 2 aliphatic rings. The maximum atomic E-state index is 13.3. The van der Waals surface area contributed by atoms with Gasteiger partial charge in [-0.15, -0.1) is 0 Å². The van der Waals surface area contributed by atoms with Crippen molar-refractivity contribution >= 4 is 69.8 Å². The number of hydrogen-bond acceptors (Lipinski definition) is 20. The van der Waals surface area contributed by atoms with Crippen LogP contribution < -0.4 is 30.1 Å². The molecule has 1 aliphatic carbocycles. The number of ether oxygens (including phenoxy) is 7. The van der Waals surface area contributed by atoms with Gasteiger partial charge in [0.15, 0.2) is 0 Å². The molecular weight excluding hydrogens is 925 g/mol. The summed E-state index contributed by atoms with van der Waals surface area (Å²) < 4.78 is 41.7. The number of nitrogens with zero attached hydrogens (tertiary/aromatic N) is 5. The second kappa shape index (κ2) is 27.7. The summed E-state index contributed by atoms with van der Waals surface area (Å²) in [5, 5.41) is 4.64. The molecule has 1 atom stereocenters. The molecule has 0 saturated carbocycles. The van der Waals surface area contributed by atoms with Crippen molar-refractivity contribution in [2.75, 3.05) is 110 Å². The van der Waals surface area contributed by atoms with Crippen molar-refractivity contribution in [1.82, 2.24) is 10.2 Å². The molecule has 0 radical (unpaired) electrons. The van der Waals surface area contributed by atoms with Crippen molar-refractivity contribution in [3.8, 4) is 28.2 Å². The molecule has 0 saturated heterocycles. The van der Waals surface area contributed by atoms with Crippen LogP contribution in [0, 0.1) is 0 Å². The van der Waals surface area contributed by atoms with Gasteiger partial charge in [-0.1, -0.05) is 0 Å². The van der Waals surface area contributed by atoms with Gasteiger partial charge in [0, 0.05) is 128 Å². The van der Waals surface area contributed by atoms with Crippen LogP contribution in [0.2, 0.25) is 0 Å². The Hall–Kier alpha value is -7.42. The lowest BCUT2D eigenvalue weighted by atomic mass is 9.92. The molecule has 2 aromatic carbocycles. The number of unbranched alkanes of at least 4 members (excludes halogenated alkanes) is 1. The van der Waals surface area contributed by atoms with Crippen molar-refractivity contribution in [1.29, 1.82) is 0 Å². The van der Waals surface area contributed by atoms with E-state index in [4.69, 9.17) is 28.1 Å². The number of hydrogen-bond donors (Lipinski definition) is 1. The van der Waals surface area contributed by atoms with Gasteiger partial charge in [-0.2, -0.15) is 0 Å². The molecule has 0 fully saturated rings. The molecule has 0 spiro atoms. The first-order chi connectivity index (χ1) is 33.9. The maximum absolute atomic E-state index is 13.3. The third-order valence-corrected chi connectivity index (χ3v) is 11.1. The minimum atomic E-state index is -1.29. The first-order valence-electron chi connectivity index (χ1n) is 23.0. The zero-order valence-corrected chi connectivity index (χ0v) is 42.2. The number of fused-ring (bicyclic) bond motifs is 2. The zero-order chi connectivity index (χ0) is 52.2. The predicted molar refractivity (Wildman–Crippen MR) is 262 cm³/mol. The summed E-state index contributed by atoms with van der Waals surface area (Å²) in [5.41, 5.74) is 6.34. The van der Waals surface area contributed by atoms with Gasteiger partial charge in [-0.3, -0.25) is 43.5 Å². The third-order valence-electron chi connectivity index (χ3n) is 11.1. The molecule has 4 rings (SSSR count). The Morgan fingerprint density at radius 1 is 0.704 bits per heavy atom. The molecule has 1 aliphatic heterocycles. The van der Waals surface area contributed by atoms with E-state index in [0.717, 1.165) is 75.8 Å². The number of methoxy groups -OCH3 is 1. The van der Waals surface area contributed by atoms with Crippen LogP contribution >= 0.6 is 0 Å². The largest absolute Gasteiger partial charge is 0.496 e. The lowest BCUT2D eigenvalue weighted by Gasteiger charge is -2.30. The molecule has 2 aromatic rings. The topological polar surface area (TPSA) is 235 Å². The average molecular weight is 991 g/mol. The third kappa shape index (κ3) is 16.9. The Balaban J connectivity index is 1.46. The molecule has 21 heteroatoms. The summed E-state index contributed by atoms with van der Waals surface area (Å²) in [4.78, 5) is 97.4. The van der Waals surface area contributed by atoms with Gasteiger partial charge in [0.25, 0.3) is 0 Å². The van der Waals surface area contributed by atoms with Crippen molar-refractivity contribution in [3.05, 3.63) is 53.9 Å². The van der Waals surface area contributed by atoms with Gasteiger partial charge in [0.05, 0.1) is 36.9 Å². The molecule has 1 N–H and O–H groups in total. The van der Waals surface area contributed by atoms with E-state index in [1.807, 2.05) is 63.4 Å². The van der Waals surface area contributed by atoms with Crippen LogP contribution in [-0.2, 0) is 62.0 Å². The molecule has 1 unspecified atom stereocenters. The fourth-order valence-corrected chi connectivity index (χ4v) is 7.54. The van der Waals surface area contributed by atoms with Crippen LogP contribution in [0.15, 0.2) is 57.9 Å². The normalized spacial score (nSPS) is 11.7. The lowest BCUT2D eigenvalue weighted by molar-refractivity contribution is -0.172. The first-order valence-corrected chi connectivity index (χ1v) is 23.0. The van der Waals surface area contributed by atoms with Crippen LogP contribution in [-0.4, -0.2) is 148 Å². The van der Waals surface area contributed by atoms with E-state index in [0.29, 0.717) is 43.9 Å². The SMILES string of the molecule is CCN(CCCC(=O)NCCCCC(C(=O)OCOC(C)=O)N(CC(=O)OCOC(C)=O)CC(=O)OCOC(C)=O)c1cc(OC)c(-c2c3cc/c(=N\C)cc-3oc3cc(N(C)C)ccc23)cc1N(C)C. The summed E-state index contributed by atoms with van der Waals surface area (Å²) >= 11 is 0. The molecule has 21 nitrogen and oxygen atoms in total. The van der Waals surface area contributed by atoms with Crippen LogP contribution in [0.25, 0.3) is 33.4 Å². The Bertz CT molecular complexity index is 2510. The van der Waals surface area contributed by atoms with E-state index < -0.39 is 75.3 Å². The number of carbonyl (C=O) groups is 7. The minimum absolute atomic E-state index is 0.00456. The van der Waals surface area contributed by atoms with Gasteiger partial charge < -0.3 is 57.6 Å². The summed E-state index contributed by atoms with van der Waals surface area (Å²) in [6.07, 6.45) is 1.42. The number of benzene rings is 3. The fraction of sp³-hybridized carbons (Fsp3) is 0.480. The molecule has 386 valence electrons. The highest BCUT2D eigenvalue weighted by atomic mass is 16.7. The van der Waals surface area contributed by atoms with Crippen molar-refractivity contribution in [2.45, 2.75) is 65.8 Å². The van der Waals surface area contributed by atoms with Gasteiger partial charge in [0.1, 0.15) is 23.1 Å². The summed E-state index contributed by atoms with van der Waals surface area (Å²) in [6, 6.07) is 15.0. The van der Waals surface area contributed by atoms with Crippen LogP contribution in [0.5, 0.6) is 5.75 Å². The van der Waals surface area contributed by atoms with Crippen molar-refractivity contribution < 1.29 is 71.1 Å².